The molecule has 0 saturated heterocycles. The van der Waals surface area contributed by atoms with Crippen molar-refractivity contribution in [2.45, 2.75) is 51.4 Å². The number of halogens is 2. The number of rotatable bonds is 2. The Hall–Kier alpha value is 0.943. The Kier molecular flexibility index (Phi) is 12.5. The van der Waals surface area contributed by atoms with Crippen LogP contribution in [-0.4, -0.2) is 0 Å². The fourth-order valence-corrected chi connectivity index (χ4v) is 3.38. The first-order chi connectivity index (χ1) is 12.3. The summed E-state index contributed by atoms with van der Waals surface area (Å²) in [6.07, 6.45) is 32.7. The van der Waals surface area contributed by atoms with E-state index in [0.717, 1.165) is 0 Å². The molecule has 4 aliphatic carbocycles. The molecule has 2 saturated carbocycles. The van der Waals surface area contributed by atoms with E-state index in [1.165, 1.54) is 63.2 Å². The zero-order chi connectivity index (χ0) is 17.7. The minimum atomic E-state index is -0.826. The summed E-state index contributed by atoms with van der Waals surface area (Å²) >= 11 is -0.826. The molecule has 130 valence electrons. The molecule has 0 N–H and O–H groups in total. The zero-order valence-corrected chi connectivity index (χ0v) is 18.7. The van der Waals surface area contributed by atoms with E-state index >= 15 is 0 Å². The first-order valence-electron chi connectivity index (χ1n) is 9.13. The fourth-order valence-electron chi connectivity index (χ4n) is 3.38. The van der Waals surface area contributed by atoms with Crippen molar-refractivity contribution in [2.75, 3.05) is 0 Å². The summed E-state index contributed by atoms with van der Waals surface area (Å²) in [7, 11) is 9.87. The van der Waals surface area contributed by atoms with E-state index in [1.54, 1.807) is 11.1 Å². The summed E-state index contributed by atoms with van der Waals surface area (Å²) in [6.45, 7) is 0. The Bertz CT molecular complexity index is 366. The molecule has 0 nitrogen and oxygen atoms in total. The molecular formula is C22H26Cl2Zr+2. The number of allylic oxidation sites excluding steroid dienone is 4. The van der Waals surface area contributed by atoms with E-state index in [-0.39, 0.29) is 0 Å². The van der Waals surface area contributed by atoms with Crippen LogP contribution in [0.5, 0.6) is 0 Å². The standard InChI is InChI=1S/2C11H13.2ClH.Zr/c2*1-2-6-10(7-3-1)11-8-4-5-9-11;;;/h2*4-6,8-9H,1-3,7H2;2*1H;/q;;;;+4/p-2. The number of hydrogen-bond acceptors (Lipinski definition) is 0. The van der Waals surface area contributed by atoms with Crippen LogP contribution >= 0.6 is 17.0 Å². The molecule has 0 unspecified atom stereocenters. The molecule has 0 aromatic carbocycles. The molecule has 0 aromatic heterocycles. The molecule has 4 aliphatic rings. The Morgan fingerprint density at radius 2 is 0.960 bits per heavy atom. The third-order valence-corrected chi connectivity index (χ3v) is 4.65. The van der Waals surface area contributed by atoms with Crippen molar-refractivity contribution in [3.05, 3.63) is 86.5 Å². The second-order valence-electron chi connectivity index (χ2n) is 6.37. The first-order valence-corrected chi connectivity index (χ1v) is 15.5. The second-order valence-corrected chi connectivity index (χ2v) is 10.1. The molecule has 0 aliphatic heterocycles. The molecule has 3 heteroatoms. The summed E-state index contributed by atoms with van der Waals surface area (Å²) in [5, 5.41) is 0. The van der Waals surface area contributed by atoms with Gasteiger partial charge in [0.15, 0.2) is 0 Å². The van der Waals surface area contributed by atoms with Crippen molar-refractivity contribution < 1.29 is 20.8 Å². The van der Waals surface area contributed by atoms with Gasteiger partial charge >= 0.3 is 37.9 Å². The summed E-state index contributed by atoms with van der Waals surface area (Å²) in [5.74, 6) is 2.87. The summed E-state index contributed by atoms with van der Waals surface area (Å²) in [4.78, 5) is 0. The molecule has 0 atom stereocenters. The van der Waals surface area contributed by atoms with Gasteiger partial charge in [-0.25, -0.2) is 0 Å². The fraction of sp³-hybridized carbons (Fsp3) is 0.364. The quantitative estimate of drug-likeness (QED) is 0.417. The minimum absolute atomic E-state index is 0.826. The Morgan fingerprint density at radius 1 is 0.600 bits per heavy atom. The van der Waals surface area contributed by atoms with Crippen LogP contribution in [0.3, 0.4) is 0 Å². The van der Waals surface area contributed by atoms with Crippen molar-refractivity contribution in [2.24, 2.45) is 0 Å². The molecule has 10 radical (unpaired) electrons. The average Bonchev–Trinajstić information content (AvgIpc) is 3.39. The predicted octanol–water partition coefficient (Wildman–Crippen LogP) is 7.16. The van der Waals surface area contributed by atoms with Crippen LogP contribution in [0.1, 0.15) is 51.4 Å². The normalized spacial score (nSPS) is 24.2. The Morgan fingerprint density at radius 3 is 1.24 bits per heavy atom. The van der Waals surface area contributed by atoms with E-state index in [1.807, 2.05) is 0 Å². The zero-order valence-electron chi connectivity index (χ0n) is 14.7. The Balaban J connectivity index is 0.000000156. The van der Waals surface area contributed by atoms with E-state index in [0.29, 0.717) is 0 Å². The predicted molar refractivity (Wildman–Crippen MR) is 106 cm³/mol. The number of hydrogen-bond donors (Lipinski definition) is 0. The maximum atomic E-state index is 4.93. The van der Waals surface area contributed by atoms with Gasteiger partial charge < -0.3 is 0 Å². The Labute approximate surface area is 174 Å². The van der Waals surface area contributed by atoms with E-state index < -0.39 is 20.8 Å². The van der Waals surface area contributed by atoms with Gasteiger partial charge in [0, 0.05) is 11.8 Å². The van der Waals surface area contributed by atoms with Crippen molar-refractivity contribution in [1.29, 1.82) is 0 Å². The molecular weight excluding hydrogens is 426 g/mol. The maximum absolute atomic E-state index is 4.93. The van der Waals surface area contributed by atoms with Crippen molar-refractivity contribution in [1.82, 2.24) is 0 Å². The van der Waals surface area contributed by atoms with Gasteiger partial charge in [0.25, 0.3) is 0 Å². The molecule has 25 heavy (non-hydrogen) atoms. The summed E-state index contributed by atoms with van der Waals surface area (Å²) in [5.41, 5.74) is 3.11. The molecule has 0 spiro atoms. The molecule has 0 aromatic rings. The van der Waals surface area contributed by atoms with Crippen LogP contribution in [0.4, 0.5) is 0 Å². The van der Waals surface area contributed by atoms with Gasteiger partial charge in [-0.2, -0.15) is 0 Å². The third-order valence-electron chi connectivity index (χ3n) is 4.65. The molecule has 4 rings (SSSR count). The SMILES string of the molecule is [CH]1[CH][CH][C](C2=CCCCC2)[CH]1.[CH]1[CH][CH][C](C2=CCCCC2)[CH]1.[Cl][Zr+2][Cl]. The average molecular weight is 453 g/mol. The van der Waals surface area contributed by atoms with Crippen LogP contribution in [-0.2, 0) is 20.8 Å². The molecule has 0 amide bonds. The van der Waals surface area contributed by atoms with Gasteiger partial charge in [0.2, 0.25) is 0 Å². The van der Waals surface area contributed by atoms with Crippen LogP contribution in [0.25, 0.3) is 0 Å². The van der Waals surface area contributed by atoms with Crippen LogP contribution < -0.4 is 0 Å². The van der Waals surface area contributed by atoms with Gasteiger partial charge in [0.05, 0.1) is 0 Å². The van der Waals surface area contributed by atoms with Crippen molar-refractivity contribution in [3.8, 4) is 0 Å². The van der Waals surface area contributed by atoms with Crippen molar-refractivity contribution in [3.63, 3.8) is 0 Å². The molecule has 0 heterocycles. The van der Waals surface area contributed by atoms with E-state index in [2.05, 4.69) is 63.5 Å². The van der Waals surface area contributed by atoms with Gasteiger partial charge in [-0.05, 0) is 103 Å². The van der Waals surface area contributed by atoms with Gasteiger partial charge in [0.1, 0.15) is 0 Å². The van der Waals surface area contributed by atoms with Gasteiger partial charge in [-0.3, -0.25) is 0 Å². The van der Waals surface area contributed by atoms with Gasteiger partial charge in [-0.1, -0.05) is 23.3 Å². The van der Waals surface area contributed by atoms with Crippen molar-refractivity contribution >= 4 is 17.0 Å². The van der Waals surface area contributed by atoms with Crippen LogP contribution in [0.15, 0.2) is 23.3 Å². The van der Waals surface area contributed by atoms with E-state index in [9.17, 15) is 0 Å². The van der Waals surface area contributed by atoms with Gasteiger partial charge in [-0.15, -0.1) is 0 Å². The second kappa shape index (κ2) is 14.0. The summed E-state index contributed by atoms with van der Waals surface area (Å²) < 4.78 is 0. The van der Waals surface area contributed by atoms with Crippen LogP contribution in [0.2, 0.25) is 0 Å². The van der Waals surface area contributed by atoms with E-state index in [4.69, 9.17) is 17.0 Å². The summed E-state index contributed by atoms with van der Waals surface area (Å²) in [6, 6.07) is 0. The topological polar surface area (TPSA) is 0 Å². The molecule has 2 fully saturated rings. The first kappa shape index (κ1) is 22.2. The molecule has 0 bridgehead atoms. The monoisotopic (exact) mass is 450 g/mol. The van der Waals surface area contributed by atoms with Crippen LogP contribution in [0, 0.1) is 63.2 Å². The third kappa shape index (κ3) is 8.66.